The number of carbonyl (C=O) groups excluding carboxylic acids is 1. The van der Waals surface area contributed by atoms with Crippen LogP contribution < -0.4 is 9.04 Å². The highest BCUT2D eigenvalue weighted by atomic mass is 35.5. The van der Waals surface area contributed by atoms with Gasteiger partial charge >= 0.3 is 0 Å². The van der Waals surface area contributed by atoms with Crippen LogP contribution in [0.25, 0.3) is 12.2 Å². The van der Waals surface area contributed by atoms with Gasteiger partial charge in [-0.3, -0.25) is 14.7 Å². The van der Waals surface area contributed by atoms with Gasteiger partial charge < -0.3 is 4.74 Å². The lowest BCUT2D eigenvalue weighted by atomic mass is 10.1. The van der Waals surface area contributed by atoms with Gasteiger partial charge in [-0.05, 0) is 79.5 Å². The summed E-state index contributed by atoms with van der Waals surface area (Å²) in [7, 11) is -2.66. The fourth-order valence-electron chi connectivity index (χ4n) is 4.10. The SMILES string of the molecule is COc1ccc(S(=O)(=O)N(C(=O)CN2CCCCC2)c2ccccc2/C=C/c2ccncc2)cc1.Cl. The Hall–Kier alpha value is -3.20. The summed E-state index contributed by atoms with van der Waals surface area (Å²) in [6.45, 7) is 1.61. The van der Waals surface area contributed by atoms with Crippen molar-refractivity contribution < 1.29 is 17.9 Å². The normalized spacial score (nSPS) is 14.2. The maximum Gasteiger partial charge on any atom is 0.270 e. The first-order valence-electron chi connectivity index (χ1n) is 11.6. The Bertz CT molecular complexity index is 1280. The molecule has 0 radical (unpaired) electrons. The minimum Gasteiger partial charge on any atom is -0.497 e. The Balaban J connectivity index is 0.00000361. The first kappa shape index (κ1) is 27.4. The molecule has 0 spiro atoms. The van der Waals surface area contributed by atoms with Crippen LogP contribution in [-0.2, 0) is 14.8 Å². The van der Waals surface area contributed by atoms with Crippen molar-refractivity contribution in [1.29, 1.82) is 0 Å². The zero-order chi connectivity index (χ0) is 24.7. The molecule has 1 saturated heterocycles. The van der Waals surface area contributed by atoms with E-state index in [4.69, 9.17) is 4.74 Å². The Labute approximate surface area is 218 Å². The van der Waals surface area contributed by atoms with Gasteiger partial charge in [-0.25, -0.2) is 12.7 Å². The van der Waals surface area contributed by atoms with Crippen LogP contribution in [0.3, 0.4) is 0 Å². The number of para-hydroxylation sites is 1. The molecule has 36 heavy (non-hydrogen) atoms. The number of halogens is 1. The molecular weight excluding hydrogens is 498 g/mol. The van der Waals surface area contributed by atoms with E-state index in [-0.39, 0.29) is 23.8 Å². The molecule has 0 saturated carbocycles. The van der Waals surface area contributed by atoms with Gasteiger partial charge in [0.05, 0.1) is 24.2 Å². The van der Waals surface area contributed by atoms with E-state index in [1.165, 1.54) is 19.2 Å². The van der Waals surface area contributed by atoms with Gasteiger partial charge in [0.2, 0.25) is 0 Å². The number of piperidine rings is 1. The second kappa shape index (κ2) is 12.7. The van der Waals surface area contributed by atoms with Crippen molar-refractivity contribution in [2.24, 2.45) is 0 Å². The molecule has 1 fully saturated rings. The van der Waals surface area contributed by atoms with E-state index in [0.717, 1.165) is 42.2 Å². The number of anilines is 1. The molecular formula is C27H30ClN3O4S. The summed E-state index contributed by atoms with van der Waals surface area (Å²) in [5.41, 5.74) is 1.85. The number of rotatable bonds is 8. The van der Waals surface area contributed by atoms with Gasteiger partial charge in [0, 0.05) is 12.4 Å². The quantitative estimate of drug-likeness (QED) is 0.415. The summed E-state index contributed by atoms with van der Waals surface area (Å²) in [6.07, 6.45) is 10.2. The number of aromatic nitrogens is 1. The van der Waals surface area contributed by atoms with Crippen LogP contribution in [0, 0.1) is 0 Å². The Morgan fingerprint density at radius 3 is 2.31 bits per heavy atom. The average Bonchev–Trinajstić information content (AvgIpc) is 2.89. The largest absolute Gasteiger partial charge is 0.497 e. The molecule has 0 unspecified atom stereocenters. The number of benzene rings is 2. The number of pyridine rings is 1. The van der Waals surface area contributed by atoms with Gasteiger partial charge in [0.15, 0.2) is 0 Å². The van der Waals surface area contributed by atoms with Crippen LogP contribution in [0.4, 0.5) is 5.69 Å². The smallest absolute Gasteiger partial charge is 0.270 e. The third-order valence-electron chi connectivity index (χ3n) is 5.95. The molecule has 3 aromatic rings. The molecule has 0 atom stereocenters. The Morgan fingerprint density at radius 1 is 0.972 bits per heavy atom. The van der Waals surface area contributed by atoms with Crippen molar-refractivity contribution in [1.82, 2.24) is 9.88 Å². The molecule has 2 aromatic carbocycles. The number of likely N-dealkylation sites (tertiary alicyclic amines) is 1. The summed E-state index contributed by atoms with van der Waals surface area (Å²) in [4.78, 5) is 19.7. The lowest BCUT2D eigenvalue weighted by Gasteiger charge is -2.30. The van der Waals surface area contributed by atoms with Gasteiger partial charge in [0.1, 0.15) is 5.75 Å². The van der Waals surface area contributed by atoms with Crippen molar-refractivity contribution in [3.05, 3.63) is 84.2 Å². The Morgan fingerprint density at radius 2 is 1.64 bits per heavy atom. The number of sulfonamides is 1. The Kier molecular flexibility index (Phi) is 9.64. The van der Waals surface area contributed by atoms with Crippen LogP contribution in [0.1, 0.15) is 30.4 Å². The average molecular weight is 528 g/mol. The zero-order valence-corrected chi connectivity index (χ0v) is 21.7. The van der Waals surface area contributed by atoms with Crippen LogP contribution in [0.5, 0.6) is 5.75 Å². The van der Waals surface area contributed by atoms with E-state index in [1.54, 1.807) is 42.7 Å². The summed E-state index contributed by atoms with van der Waals surface area (Å²) in [5.74, 6) is 0.0586. The molecule has 190 valence electrons. The molecule has 0 bridgehead atoms. The third-order valence-corrected chi connectivity index (χ3v) is 7.70. The van der Waals surface area contributed by atoms with Gasteiger partial charge in [0.25, 0.3) is 15.9 Å². The molecule has 4 rings (SSSR count). The van der Waals surface area contributed by atoms with Crippen LogP contribution >= 0.6 is 12.4 Å². The maximum atomic E-state index is 13.9. The number of hydrogen-bond donors (Lipinski definition) is 0. The van der Waals surface area contributed by atoms with E-state index in [2.05, 4.69) is 4.98 Å². The lowest BCUT2D eigenvalue weighted by molar-refractivity contribution is -0.118. The predicted octanol–water partition coefficient (Wildman–Crippen LogP) is 4.89. The number of carbonyl (C=O) groups is 1. The van der Waals surface area contributed by atoms with E-state index in [0.29, 0.717) is 17.0 Å². The topological polar surface area (TPSA) is 79.8 Å². The van der Waals surface area contributed by atoms with Crippen LogP contribution in [0.2, 0.25) is 0 Å². The summed E-state index contributed by atoms with van der Waals surface area (Å²) in [5, 5.41) is 0. The lowest BCUT2D eigenvalue weighted by Crippen LogP contribution is -2.45. The summed E-state index contributed by atoms with van der Waals surface area (Å²) in [6, 6.07) is 16.8. The molecule has 2 heterocycles. The number of amides is 1. The van der Waals surface area contributed by atoms with E-state index in [1.807, 2.05) is 35.3 Å². The fraction of sp³-hybridized carbons (Fsp3) is 0.259. The standard InChI is InChI=1S/C27H29N3O4S.ClH/c1-34-24-11-13-25(14-12-24)35(32,33)30(27(31)21-29-19-5-2-6-20-29)26-8-4-3-7-23(26)10-9-22-15-17-28-18-16-22;/h3-4,7-18H,2,5-6,19-21H2,1H3;1H/b10-9+;. The highest BCUT2D eigenvalue weighted by molar-refractivity contribution is 7.93. The highest BCUT2D eigenvalue weighted by Crippen LogP contribution is 2.30. The monoisotopic (exact) mass is 527 g/mol. The van der Waals surface area contributed by atoms with Crippen molar-refractivity contribution in [3.63, 3.8) is 0 Å². The van der Waals surface area contributed by atoms with E-state index >= 15 is 0 Å². The maximum absolute atomic E-state index is 13.9. The number of hydrogen-bond acceptors (Lipinski definition) is 6. The molecule has 1 aromatic heterocycles. The summed E-state index contributed by atoms with van der Waals surface area (Å²) >= 11 is 0. The summed E-state index contributed by atoms with van der Waals surface area (Å²) < 4.78 is 33.8. The molecule has 1 aliphatic rings. The first-order valence-corrected chi connectivity index (χ1v) is 13.0. The van der Waals surface area contributed by atoms with E-state index < -0.39 is 15.9 Å². The van der Waals surface area contributed by atoms with Gasteiger partial charge in [-0.1, -0.05) is 36.8 Å². The molecule has 1 aliphatic heterocycles. The second-order valence-corrected chi connectivity index (χ2v) is 10.1. The van der Waals surface area contributed by atoms with Crippen molar-refractivity contribution in [3.8, 4) is 5.75 Å². The molecule has 9 heteroatoms. The van der Waals surface area contributed by atoms with Crippen molar-refractivity contribution in [2.45, 2.75) is 24.2 Å². The van der Waals surface area contributed by atoms with E-state index in [9.17, 15) is 13.2 Å². The third kappa shape index (κ3) is 6.51. The second-order valence-electron chi connectivity index (χ2n) is 8.35. The zero-order valence-electron chi connectivity index (χ0n) is 20.1. The van der Waals surface area contributed by atoms with Gasteiger partial charge in [-0.2, -0.15) is 0 Å². The van der Waals surface area contributed by atoms with Crippen molar-refractivity contribution >= 4 is 46.2 Å². The molecule has 7 nitrogen and oxygen atoms in total. The number of nitrogens with zero attached hydrogens (tertiary/aromatic N) is 3. The minimum atomic E-state index is -4.18. The fourth-order valence-corrected chi connectivity index (χ4v) is 5.54. The van der Waals surface area contributed by atoms with Crippen LogP contribution in [0.15, 0.2) is 78.0 Å². The number of methoxy groups -OCH3 is 1. The predicted molar refractivity (Wildman–Crippen MR) is 145 cm³/mol. The molecule has 1 amide bonds. The van der Waals surface area contributed by atoms with Crippen molar-refractivity contribution in [2.75, 3.05) is 31.0 Å². The highest BCUT2D eigenvalue weighted by Gasteiger charge is 2.33. The van der Waals surface area contributed by atoms with Gasteiger partial charge in [-0.15, -0.1) is 12.4 Å². The first-order chi connectivity index (χ1) is 17.0. The molecule has 0 aliphatic carbocycles. The minimum absolute atomic E-state index is 0. The molecule has 0 N–H and O–H groups in total. The number of ether oxygens (including phenoxy) is 1. The van der Waals surface area contributed by atoms with Crippen LogP contribution in [-0.4, -0.2) is 51.0 Å².